The molecule has 0 fully saturated rings. The van der Waals surface area contributed by atoms with E-state index in [0.717, 1.165) is 45.3 Å². The Morgan fingerprint density at radius 3 is 1.63 bits per heavy atom. The maximum absolute atomic E-state index is 5.81. The molecule has 0 unspecified atom stereocenters. The van der Waals surface area contributed by atoms with Gasteiger partial charge in [-0.3, -0.25) is 8.80 Å². The lowest BCUT2D eigenvalue weighted by molar-refractivity contribution is 0.967. The van der Waals surface area contributed by atoms with E-state index in [1.807, 2.05) is 100 Å². The van der Waals surface area contributed by atoms with Crippen LogP contribution in [0.25, 0.3) is 56.8 Å². The monoisotopic (exact) mass is 622 g/mol. The van der Waals surface area contributed by atoms with Gasteiger partial charge in [-0.25, -0.2) is 29.9 Å². The Hall–Kier alpha value is -6.21. The summed E-state index contributed by atoms with van der Waals surface area (Å²) in [5.41, 5.74) is 18.6. The molecule has 0 spiro atoms. The molecule has 12 nitrogen and oxygen atoms in total. The van der Waals surface area contributed by atoms with E-state index in [-0.39, 0.29) is 0 Å². The maximum Gasteiger partial charge on any atom is 0.236 e. The van der Waals surface area contributed by atoms with Crippen LogP contribution in [0.1, 0.15) is 0 Å². The van der Waals surface area contributed by atoms with Crippen LogP contribution < -0.4 is 11.5 Å². The standard InChI is InChI=1S/C17H14N6S.C16H12N6/c1-24-17-19-9-7-12(20-17)15-14(11-5-3-2-4-6-11)22-16-21-13(18)8-10-23(15)16;17-13-7-9-22-15(12-6-8-18-10-19-12)14(21-16(22)20-13)11-4-2-1-3-5-11/h2-10H,1H3,(H2,18,21,22);1-10H,(H2,17,20,21). The van der Waals surface area contributed by atoms with E-state index < -0.39 is 0 Å². The number of aromatic nitrogens is 10. The second-order valence-electron chi connectivity index (χ2n) is 9.92. The summed E-state index contributed by atoms with van der Waals surface area (Å²) in [5.74, 6) is 1.97. The molecule has 4 N–H and O–H groups in total. The van der Waals surface area contributed by atoms with Gasteiger partial charge >= 0.3 is 0 Å². The second kappa shape index (κ2) is 12.4. The van der Waals surface area contributed by atoms with Crippen LogP contribution in [0.15, 0.2) is 121 Å². The molecule has 0 bridgehead atoms. The average molecular weight is 623 g/mol. The molecule has 0 aliphatic rings. The fraction of sp³-hybridized carbons (Fsp3) is 0.0303. The van der Waals surface area contributed by atoms with Gasteiger partial charge in [0.15, 0.2) is 5.16 Å². The number of nitrogen functional groups attached to an aromatic ring is 2. The first-order valence-electron chi connectivity index (χ1n) is 14.1. The third kappa shape index (κ3) is 5.57. The van der Waals surface area contributed by atoms with Crippen molar-refractivity contribution >= 4 is 35.0 Å². The highest BCUT2D eigenvalue weighted by Gasteiger charge is 2.19. The van der Waals surface area contributed by atoms with Gasteiger partial charge in [0.05, 0.1) is 11.4 Å². The summed E-state index contributed by atoms with van der Waals surface area (Å²) < 4.78 is 3.80. The molecule has 6 heterocycles. The molecule has 8 aromatic rings. The lowest BCUT2D eigenvalue weighted by Gasteiger charge is -2.06. The van der Waals surface area contributed by atoms with Gasteiger partial charge < -0.3 is 11.5 Å². The zero-order valence-corrected chi connectivity index (χ0v) is 25.3. The fourth-order valence-corrected chi connectivity index (χ4v) is 5.33. The SMILES string of the molecule is CSc1nccc(-c2c(-c3ccccc3)nc3nc(N)ccn23)n1.Nc1ccn2c(-c3ccncn3)c(-c3ccccc3)nc2n1. The summed E-state index contributed by atoms with van der Waals surface area (Å²) in [5, 5.41) is 0.713. The van der Waals surface area contributed by atoms with Gasteiger partial charge in [0, 0.05) is 35.9 Å². The van der Waals surface area contributed by atoms with E-state index in [1.165, 1.54) is 18.1 Å². The Bertz CT molecular complexity index is 2270. The third-order valence-corrected chi connectivity index (χ3v) is 7.57. The Labute approximate surface area is 267 Å². The number of imidazole rings is 2. The molecule has 0 aliphatic heterocycles. The van der Waals surface area contributed by atoms with Gasteiger partial charge in [0.1, 0.15) is 40.7 Å². The highest BCUT2D eigenvalue weighted by Crippen LogP contribution is 2.33. The molecule has 0 atom stereocenters. The van der Waals surface area contributed by atoms with Crippen LogP contribution in [0.2, 0.25) is 0 Å². The maximum atomic E-state index is 5.81. The van der Waals surface area contributed by atoms with Crippen molar-refractivity contribution in [3.8, 4) is 45.3 Å². The van der Waals surface area contributed by atoms with Crippen molar-refractivity contribution < 1.29 is 0 Å². The van der Waals surface area contributed by atoms with Gasteiger partial charge in [-0.05, 0) is 30.5 Å². The van der Waals surface area contributed by atoms with Crippen LogP contribution in [-0.2, 0) is 0 Å². The summed E-state index contributed by atoms with van der Waals surface area (Å²) in [6.45, 7) is 0. The van der Waals surface area contributed by atoms with Crippen LogP contribution in [0, 0.1) is 0 Å². The van der Waals surface area contributed by atoms with Crippen LogP contribution >= 0.6 is 11.8 Å². The molecule has 0 saturated heterocycles. The first-order chi connectivity index (χ1) is 22.6. The van der Waals surface area contributed by atoms with Crippen LogP contribution in [0.5, 0.6) is 0 Å². The topological polar surface area (TPSA) is 164 Å². The molecule has 8 rings (SSSR count). The number of rotatable bonds is 5. The number of hydrogen-bond donors (Lipinski definition) is 2. The zero-order valence-electron chi connectivity index (χ0n) is 24.5. The lowest BCUT2D eigenvalue weighted by Crippen LogP contribution is -1.97. The number of benzene rings is 2. The summed E-state index contributed by atoms with van der Waals surface area (Å²) in [6.07, 6.45) is 10.7. The van der Waals surface area contributed by atoms with E-state index in [2.05, 4.69) is 39.9 Å². The lowest BCUT2D eigenvalue weighted by atomic mass is 10.1. The quantitative estimate of drug-likeness (QED) is 0.181. The van der Waals surface area contributed by atoms with Crippen LogP contribution in [0.3, 0.4) is 0 Å². The van der Waals surface area contributed by atoms with Crippen molar-refractivity contribution in [2.45, 2.75) is 5.16 Å². The number of hydrogen-bond acceptors (Lipinski definition) is 11. The molecule has 224 valence electrons. The first-order valence-corrected chi connectivity index (χ1v) is 15.4. The van der Waals surface area contributed by atoms with Crippen molar-refractivity contribution in [3.63, 3.8) is 0 Å². The minimum Gasteiger partial charge on any atom is -0.384 e. The number of anilines is 2. The Morgan fingerprint density at radius 2 is 1.11 bits per heavy atom. The van der Waals surface area contributed by atoms with Crippen molar-refractivity contribution in [1.29, 1.82) is 0 Å². The van der Waals surface area contributed by atoms with Crippen molar-refractivity contribution in [2.75, 3.05) is 17.7 Å². The molecule has 13 heteroatoms. The molecular weight excluding hydrogens is 597 g/mol. The number of nitrogens with two attached hydrogens (primary N) is 2. The Kier molecular flexibility index (Phi) is 7.71. The third-order valence-electron chi connectivity index (χ3n) is 7.01. The van der Waals surface area contributed by atoms with Crippen molar-refractivity contribution in [2.24, 2.45) is 0 Å². The van der Waals surface area contributed by atoms with Crippen LogP contribution in [0.4, 0.5) is 11.6 Å². The molecule has 0 radical (unpaired) electrons. The minimum absolute atomic E-state index is 0.436. The van der Waals surface area contributed by atoms with Gasteiger partial charge in [-0.2, -0.15) is 9.97 Å². The molecule has 6 aromatic heterocycles. The van der Waals surface area contributed by atoms with E-state index in [9.17, 15) is 0 Å². The summed E-state index contributed by atoms with van der Waals surface area (Å²) in [6, 6.07) is 27.2. The van der Waals surface area contributed by atoms with Crippen molar-refractivity contribution in [3.05, 3.63) is 116 Å². The van der Waals surface area contributed by atoms with Crippen molar-refractivity contribution in [1.82, 2.24) is 48.7 Å². The predicted molar refractivity (Wildman–Crippen MR) is 180 cm³/mol. The predicted octanol–water partition coefficient (Wildman–Crippen LogP) is 5.59. The Balaban J connectivity index is 0.000000147. The van der Waals surface area contributed by atoms with E-state index in [1.54, 1.807) is 24.5 Å². The average Bonchev–Trinajstić information content (AvgIpc) is 3.68. The second-order valence-corrected chi connectivity index (χ2v) is 10.7. The van der Waals surface area contributed by atoms with Gasteiger partial charge in [-0.15, -0.1) is 0 Å². The first kappa shape index (κ1) is 28.6. The van der Waals surface area contributed by atoms with Crippen LogP contribution in [-0.4, -0.2) is 54.9 Å². The summed E-state index contributed by atoms with van der Waals surface area (Å²) >= 11 is 1.50. The minimum atomic E-state index is 0.436. The fourth-order valence-electron chi connectivity index (χ4n) is 4.98. The highest BCUT2D eigenvalue weighted by atomic mass is 32.2. The summed E-state index contributed by atoms with van der Waals surface area (Å²) in [4.78, 5) is 35.1. The zero-order chi connectivity index (χ0) is 31.5. The molecule has 0 saturated carbocycles. The molecule has 0 amide bonds. The van der Waals surface area contributed by atoms with E-state index >= 15 is 0 Å². The molecule has 2 aromatic carbocycles. The van der Waals surface area contributed by atoms with Gasteiger partial charge in [-0.1, -0.05) is 72.4 Å². The summed E-state index contributed by atoms with van der Waals surface area (Å²) in [7, 11) is 0. The van der Waals surface area contributed by atoms with Gasteiger partial charge in [0.25, 0.3) is 0 Å². The Morgan fingerprint density at radius 1 is 0.565 bits per heavy atom. The highest BCUT2D eigenvalue weighted by molar-refractivity contribution is 7.98. The largest absolute Gasteiger partial charge is 0.384 e. The van der Waals surface area contributed by atoms with E-state index in [4.69, 9.17) is 11.5 Å². The molecule has 0 aliphatic carbocycles. The molecule has 46 heavy (non-hydrogen) atoms. The van der Waals surface area contributed by atoms with Gasteiger partial charge in [0.2, 0.25) is 11.6 Å². The normalized spacial score (nSPS) is 11.0. The smallest absolute Gasteiger partial charge is 0.236 e. The number of thioether (sulfide) groups is 1. The number of nitrogens with zero attached hydrogens (tertiary/aromatic N) is 10. The molecular formula is C33H26N12S. The number of fused-ring (bicyclic) bond motifs is 2. The van der Waals surface area contributed by atoms with E-state index in [0.29, 0.717) is 28.3 Å².